The van der Waals surface area contributed by atoms with Crippen LogP contribution >= 0.6 is 34.4 Å². The lowest BCUT2D eigenvalue weighted by Crippen LogP contribution is -2.40. The monoisotopic (exact) mass is 378 g/mol. The normalized spacial score (nSPS) is 16.2. The van der Waals surface area contributed by atoms with Crippen molar-refractivity contribution in [2.24, 2.45) is 0 Å². The molecule has 3 rings (SSSR count). The number of hydrogen-bond acceptors (Lipinski definition) is 6. The summed E-state index contributed by atoms with van der Waals surface area (Å²) < 4.78 is 0. The van der Waals surface area contributed by atoms with Crippen molar-refractivity contribution in [3.63, 3.8) is 0 Å². The van der Waals surface area contributed by atoms with Crippen molar-refractivity contribution in [3.8, 4) is 0 Å². The van der Waals surface area contributed by atoms with E-state index in [1.807, 2.05) is 34.3 Å². The summed E-state index contributed by atoms with van der Waals surface area (Å²) in [5.74, 6) is -0.670. The minimum absolute atomic E-state index is 0.229. The molecule has 5 nitrogen and oxygen atoms in total. The van der Waals surface area contributed by atoms with Crippen molar-refractivity contribution in [2.75, 3.05) is 13.6 Å². The molecule has 0 spiro atoms. The second-order valence-corrected chi connectivity index (χ2v) is 7.92. The van der Waals surface area contributed by atoms with Crippen molar-refractivity contribution in [1.82, 2.24) is 9.80 Å². The molecule has 1 aliphatic rings. The van der Waals surface area contributed by atoms with E-state index in [4.69, 9.17) is 0 Å². The molecule has 2 aromatic rings. The van der Waals surface area contributed by atoms with Gasteiger partial charge in [-0.05, 0) is 51.7 Å². The highest BCUT2D eigenvalue weighted by Gasteiger charge is 2.36. The Kier molecular flexibility index (Phi) is 5.17. The van der Waals surface area contributed by atoms with E-state index < -0.39 is 11.1 Å². The molecular formula is C16H14N2O3S3. The van der Waals surface area contributed by atoms with Crippen LogP contribution in [0.15, 0.2) is 39.2 Å². The van der Waals surface area contributed by atoms with Crippen LogP contribution in [0.4, 0.5) is 4.79 Å². The van der Waals surface area contributed by atoms with Crippen LogP contribution in [-0.4, -0.2) is 40.4 Å². The van der Waals surface area contributed by atoms with Gasteiger partial charge in [-0.1, -0.05) is 6.07 Å². The topological polar surface area (TPSA) is 57.7 Å². The van der Waals surface area contributed by atoms with E-state index in [1.165, 1.54) is 16.2 Å². The molecule has 3 amide bonds. The van der Waals surface area contributed by atoms with Crippen LogP contribution in [0.5, 0.6) is 0 Å². The zero-order valence-electron chi connectivity index (χ0n) is 12.8. The zero-order valence-corrected chi connectivity index (χ0v) is 15.2. The van der Waals surface area contributed by atoms with Crippen molar-refractivity contribution in [1.29, 1.82) is 0 Å². The number of hydrogen-bond donors (Lipinski definition) is 0. The van der Waals surface area contributed by atoms with Crippen LogP contribution < -0.4 is 0 Å². The van der Waals surface area contributed by atoms with E-state index in [2.05, 4.69) is 0 Å². The summed E-state index contributed by atoms with van der Waals surface area (Å²) >= 11 is 3.93. The Morgan fingerprint density at radius 1 is 1.29 bits per heavy atom. The van der Waals surface area contributed by atoms with E-state index in [-0.39, 0.29) is 12.5 Å². The van der Waals surface area contributed by atoms with Crippen LogP contribution in [0.2, 0.25) is 0 Å². The highest BCUT2D eigenvalue weighted by atomic mass is 32.2. The van der Waals surface area contributed by atoms with E-state index in [0.29, 0.717) is 11.4 Å². The second kappa shape index (κ2) is 7.33. The van der Waals surface area contributed by atoms with Gasteiger partial charge in [0.2, 0.25) is 5.91 Å². The number of amides is 3. The molecule has 0 N–H and O–H groups in total. The predicted octanol–water partition coefficient (Wildman–Crippen LogP) is 3.50. The third-order valence-electron chi connectivity index (χ3n) is 3.41. The first-order chi connectivity index (χ1) is 11.5. The van der Waals surface area contributed by atoms with Gasteiger partial charge in [-0.3, -0.25) is 19.3 Å². The van der Waals surface area contributed by atoms with E-state index in [1.54, 1.807) is 24.5 Å². The van der Waals surface area contributed by atoms with Gasteiger partial charge in [0.25, 0.3) is 11.1 Å². The molecular weight excluding hydrogens is 364 g/mol. The van der Waals surface area contributed by atoms with Crippen molar-refractivity contribution in [3.05, 3.63) is 49.7 Å². The van der Waals surface area contributed by atoms with Crippen LogP contribution in [0.3, 0.4) is 0 Å². The predicted molar refractivity (Wildman–Crippen MR) is 97.8 cm³/mol. The third kappa shape index (κ3) is 3.77. The maximum atomic E-state index is 12.4. The first kappa shape index (κ1) is 16.9. The number of thioether (sulfide) groups is 1. The number of nitrogens with zero attached hydrogens (tertiary/aromatic N) is 2. The number of thiophene rings is 2. The molecule has 1 aliphatic heterocycles. The molecule has 3 heterocycles. The van der Waals surface area contributed by atoms with E-state index in [0.717, 1.165) is 27.1 Å². The fourth-order valence-corrected chi connectivity index (χ4v) is 4.36. The number of carbonyl (C=O) groups is 3. The first-order valence-corrected chi connectivity index (χ1v) is 9.72. The maximum absolute atomic E-state index is 12.4. The lowest BCUT2D eigenvalue weighted by atomic mass is 10.3. The lowest BCUT2D eigenvalue weighted by molar-refractivity contribution is -0.135. The molecule has 2 aromatic heterocycles. The number of carbonyl (C=O) groups excluding carboxylic acids is 3. The van der Waals surface area contributed by atoms with Gasteiger partial charge < -0.3 is 4.90 Å². The molecule has 24 heavy (non-hydrogen) atoms. The summed E-state index contributed by atoms with van der Waals surface area (Å²) in [6, 6.07) is 5.69. The summed E-state index contributed by atoms with van der Waals surface area (Å²) in [4.78, 5) is 40.5. The molecule has 0 atom stereocenters. The molecule has 8 heteroatoms. The Hall–Kier alpha value is -1.90. The van der Waals surface area contributed by atoms with Gasteiger partial charge in [0, 0.05) is 18.5 Å². The molecule has 0 bridgehead atoms. The third-order valence-corrected chi connectivity index (χ3v) is 5.87. The Morgan fingerprint density at radius 3 is 2.79 bits per heavy atom. The fraction of sp³-hybridized carbons (Fsp3) is 0.188. The lowest BCUT2D eigenvalue weighted by Gasteiger charge is -2.19. The Balaban J connectivity index is 1.65. The summed E-state index contributed by atoms with van der Waals surface area (Å²) in [6.45, 7) is 0.233. The van der Waals surface area contributed by atoms with E-state index in [9.17, 15) is 14.4 Å². The average molecular weight is 379 g/mol. The summed E-state index contributed by atoms with van der Waals surface area (Å²) in [5, 5.41) is 5.41. The van der Waals surface area contributed by atoms with Crippen molar-refractivity contribution < 1.29 is 14.4 Å². The summed E-state index contributed by atoms with van der Waals surface area (Å²) in [6.07, 6.45) is 1.69. The van der Waals surface area contributed by atoms with Crippen LogP contribution in [0.1, 0.15) is 10.4 Å². The van der Waals surface area contributed by atoms with Gasteiger partial charge in [-0.15, -0.1) is 11.3 Å². The molecule has 1 saturated heterocycles. The second-order valence-electron chi connectivity index (χ2n) is 5.16. The largest absolute Gasteiger partial charge is 0.340 e. The average Bonchev–Trinajstić information content (AvgIpc) is 3.28. The van der Waals surface area contributed by atoms with Gasteiger partial charge in [0.1, 0.15) is 6.54 Å². The smallest absolute Gasteiger partial charge is 0.294 e. The Morgan fingerprint density at radius 2 is 2.12 bits per heavy atom. The zero-order chi connectivity index (χ0) is 17.1. The van der Waals surface area contributed by atoms with Gasteiger partial charge in [-0.2, -0.15) is 11.3 Å². The van der Waals surface area contributed by atoms with Crippen molar-refractivity contribution in [2.45, 2.75) is 6.54 Å². The molecule has 0 unspecified atom stereocenters. The quantitative estimate of drug-likeness (QED) is 0.747. The van der Waals surface area contributed by atoms with Crippen molar-refractivity contribution >= 4 is 57.6 Å². The van der Waals surface area contributed by atoms with Crippen LogP contribution in [0, 0.1) is 0 Å². The number of likely N-dealkylation sites (N-methyl/N-ethyl adjacent to an activating group) is 1. The minimum atomic E-state index is -0.407. The molecule has 124 valence electrons. The highest BCUT2D eigenvalue weighted by molar-refractivity contribution is 8.18. The maximum Gasteiger partial charge on any atom is 0.294 e. The Labute approximate surface area is 151 Å². The highest BCUT2D eigenvalue weighted by Crippen LogP contribution is 2.32. The molecule has 0 aromatic carbocycles. The van der Waals surface area contributed by atoms with Gasteiger partial charge >= 0.3 is 0 Å². The SMILES string of the molecule is CN(Cc1ccsc1)C(=O)CN1C(=O)S/C(=C\c2cccs2)C1=O. The fourth-order valence-electron chi connectivity index (χ4n) is 2.14. The van der Waals surface area contributed by atoms with E-state index >= 15 is 0 Å². The standard InChI is InChI=1S/C16H14N2O3S3/c1-17(8-11-4-6-22-10-11)14(19)9-18-15(20)13(24-16(18)21)7-12-3-2-5-23-12/h2-7,10H,8-9H2,1H3/b13-7-. The molecule has 0 radical (unpaired) electrons. The van der Waals surface area contributed by atoms with Crippen LogP contribution in [-0.2, 0) is 16.1 Å². The van der Waals surface area contributed by atoms with Gasteiger partial charge in [0.15, 0.2) is 0 Å². The molecule has 0 aliphatic carbocycles. The number of imide groups is 1. The Bertz CT molecular complexity index is 782. The van der Waals surface area contributed by atoms with Gasteiger partial charge in [-0.25, -0.2) is 0 Å². The van der Waals surface area contributed by atoms with Crippen LogP contribution in [0.25, 0.3) is 6.08 Å². The first-order valence-electron chi connectivity index (χ1n) is 7.08. The minimum Gasteiger partial charge on any atom is -0.340 e. The summed E-state index contributed by atoms with van der Waals surface area (Å²) in [5.41, 5.74) is 1.03. The summed E-state index contributed by atoms with van der Waals surface area (Å²) in [7, 11) is 1.67. The molecule has 1 fully saturated rings. The van der Waals surface area contributed by atoms with Gasteiger partial charge in [0.05, 0.1) is 4.91 Å². The molecule has 0 saturated carbocycles. The number of rotatable bonds is 5.